The highest BCUT2D eigenvalue weighted by molar-refractivity contribution is 5.84. The number of nitrogens with one attached hydrogen (secondary N) is 2. The number of carbonyl (C=O) groups excluding carboxylic acids is 3. The van der Waals surface area contributed by atoms with Crippen LogP contribution in [0.5, 0.6) is 0 Å². The summed E-state index contributed by atoms with van der Waals surface area (Å²) >= 11 is 0. The van der Waals surface area contributed by atoms with Gasteiger partial charge in [0, 0.05) is 19.4 Å². The maximum absolute atomic E-state index is 12.2. The molecule has 228 valence electrons. The number of amides is 3. The zero-order chi connectivity index (χ0) is 29.0. The van der Waals surface area contributed by atoms with Gasteiger partial charge in [0.25, 0.3) is 0 Å². The molecular formula is C29H55N3O7. The van der Waals surface area contributed by atoms with Crippen molar-refractivity contribution in [3.8, 4) is 0 Å². The number of carboxylic acid groups (broad SMARTS) is 1. The lowest BCUT2D eigenvalue weighted by Crippen LogP contribution is -2.41. The Kier molecular flexibility index (Phi) is 25.8. The molecule has 1 atom stereocenters. The smallest absolute Gasteiger partial charge is 0.326 e. The van der Waals surface area contributed by atoms with Gasteiger partial charge in [0.05, 0.1) is 19.8 Å². The van der Waals surface area contributed by atoms with Crippen LogP contribution in [0.4, 0.5) is 0 Å². The van der Waals surface area contributed by atoms with Crippen molar-refractivity contribution >= 4 is 23.7 Å². The summed E-state index contributed by atoms with van der Waals surface area (Å²) in [6.07, 6.45) is 19.0. The van der Waals surface area contributed by atoms with Crippen molar-refractivity contribution in [1.82, 2.24) is 10.6 Å². The molecule has 0 aromatic carbocycles. The van der Waals surface area contributed by atoms with Gasteiger partial charge in [0.1, 0.15) is 12.6 Å². The summed E-state index contributed by atoms with van der Waals surface area (Å²) < 4.78 is 10.2. The van der Waals surface area contributed by atoms with Gasteiger partial charge in [0.15, 0.2) is 0 Å². The molecule has 39 heavy (non-hydrogen) atoms. The molecule has 0 spiro atoms. The van der Waals surface area contributed by atoms with E-state index in [2.05, 4.69) is 17.6 Å². The van der Waals surface area contributed by atoms with Crippen LogP contribution in [-0.2, 0) is 28.7 Å². The number of rotatable bonds is 29. The maximum Gasteiger partial charge on any atom is 0.326 e. The van der Waals surface area contributed by atoms with Crippen molar-refractivity contribution in [2.24, 2.45) is 5.73 Å². The molecule has 0 aliphatic rings. The van der Waals surface area contributed by atoms with E-state index in [0.717, 1.165) is 19.3 Å². The first kappa shape index (κ1) is 36.8. The van der Waals surface area contributed by atoms with Gasteiger partial charge in [-0.25, -0.2) is 4.79 Å². The Morgan fingerprint density at radius 1 is 0.692 bits per heavy atom. The second kappa shape index (κ2) is 27.4. The van der Waals surface area contributed by atoms with Gasteiger partial charge in [-0.2, -0.15) is 0 Å². The standard InChI is InChI=1S/C29H55N3O7/c1-2-3-4-5-6-7-8-9-10-11-12-13-14-15-16-17-28(35)32-25(29(36)37)18-19-27(34)31-20-21-38-22-23-39-24-26(30)33/h25H,2-24H2,1H3,(H2,30,33)(H,31,34)(H,32,35)(H,36,37)/t25-/m0/s1. The van der Waals surface area contributed by atoms with Crippen LogP contribution in [0.3, 0.4) is 0 Å². The van der Waals surface area contributed by atoms with E-state index >= 15 is 0 Å². The number of carboxylic acids is 1. The van der Waals surface area contributed by atoms with Crippen LogP contribution in [0.2, 0.25) is 0 Å². The van der Waals surface area contributed by atoms with Crippen molar-refractivity contribution in [3.05, 3.63) is 0 Å². The molecular weight excluding hydrogens is 502 g/mol. The molecule has 5 N–H and O–H groups in total. The van der Waals surface area contributed by atoms with Crippen LogP contribution in [0.25, 0.3) is 0 Å². The Morgan fingerprint density at radius 2 is 1.21 bits per heavy atom. The minimum Gasteiger partial charge on any atom is -0.480 e. The van der Waals surface area contributed by atoms with Crippen molar-refractivity contribution in [3.63, 3.8) is 0 Å². The molecule has 0 saturated heterocycles. The van der Waals surface area contributed by atoms with Crippen LogP contribution in [-0.4, -0.2) is 67.8 Å². The van der Waals surface area contributed by atoms with Gasteiger partial charge >= 0.3 is 5.97 Å². The van der Waals surface area contributed by atoms with E-state index < -0.39 is 17.9 Å². The molecule has 0 radical (unpaired) electrons. The first-order chi connectivity index (χ1) is 18.9. The third kappa shape index (κ3) is 27.2. The topological polar surface area (TPSA) is 157 Å². The molecule has 0 aromatic rings. The predicted molar refractivity (Wildman–Crippen MR) is 152 cm³/mol. The highest BCUT2D eigenvalue weighted by Gasteiger charge is 2.20. The lowest BCUT2D eigenvalue weighted by molar-refractivity contribution is -0.142. The number of carbonyl (C=O) groups is 4. The van der Waals surface area contributed by atoms with Crippen LogP contribution in [0.15, 0.2) is 0 Å². The predicted octanol–water partition coefficient (Wildman–Crippen LogP) is 4.23. The number of unbranched alkanes of at least 4 members (excludes halogenated alkanes) is 14. The Labute approximate surface area is 235 Å². The Balaban J connectivity index is 3.68. The van der Waals surface area contributed by atoms with Crippen molar-refractivity contribution in [1.29, 1.82) is 0 Å². The van der Waals surface area contributed by atoms with E-state index in [0.29, 0.717) is 6.42 Å². The Morgan fingerprint density at radius 3 is 1.72 bits per heavy atom. The normalized spacial score (nSPS) is 11.7. The van der Waals surface area contributed by atoms with Gasteiger partial charge < -0.3 is 30.9 Å². The fourth-order valence-corrected chi connectivity index (χ4v) is 4.20. The van der Waals surface area contributed by atoms with E-state index in [1.165, 1.54) is 77.0 Å². The van der Waals surface area contributed by atoms with Crippen molar-refractivity contribution in [2.75, 3.05) is 33.0 Å². The van der Waals surface area contributed by atoms with Crippen molar-refractivity contribution < 1.29 is 33.8 Å². The molecule has 10 nitrogen and oxygen atoms in total. The molecule has 0 bridgehead atoms. The number of hydrogen-bond donors (Lipinski definition) is 4. The number of primary amides is 1. The molecule has 0 rings (SSSR count). The highest BCUT2D eigenvalue weighted by atomic mass is 16.5. The van der Waals surface area contributed by atoms with E-state index in [-0.39, 0.29) is 57.6 Å². The molecule has 0 aliphatic carbocycles. The summed E-state index contributed by atoms with van der Waals surface area (Å²) in [5.74, 6) is -2.30. The molecule has 0 fully saturated rings. The molecule has 0 heterocycles. The lowest BCUT2D eigenvalue weighted by atomic mass is 10.0. The van der Waals surface area contributed by atoms with E-state index in [1.54, 1.807) is 0 Å². The number of ether oxygens (including phenoxy) is 2. The third-order valence-corrected chi connectivity index (χ3v) is 6.49. The first-order valence-corrected chi connectivity index (χ1v) is 15.1. The zero-order valence-electron chi connectivity index (χ0n) is 24.3. The van der Waals surface area contributed by atoms with Crippen LogP contribution in [0.1, 0.15) is 122 Å². The Hall–Kier alpha value is -2.20. The van der Waals surface area contributed by atoms with Crippen LogP contribution >= 0.6 is 0 Å². The van der Waals surface area contributed by atoms with E-state index in [1.807, 2.05) is 0 Å². The summed E-state index contributed by atoms with van der Waals surface area (Å²) in [6, 6.07) is -1.08. The maximum atomic E-state index is 12.2. The van der Waals surface area contributed by atoms with Gasteiger partial charge in [0.2, 0.25) is 17.7 Å². The number of nitrogens with two attached hydrogens (primary N) is 1. The molecule has 0 unspecified atom stereocenters. The minimum absolute atomic E-state index is 0.0159. The molecule has 3 amide bonds. The summed E-state index contributed by atoms with van der Waals surface area (Å²) in [5.41, 5.74) is 4.94. The molecule has 0 saturated carbocycles. The number of hydrogen-bond acceptors (Lipinski definition) is 6. The summed E-state index contributed by atoms with van der Waals surface area (Å²) in [6.45, 7) is 3.08. The highest BCUT2D eigenvalue weighted by Crippen LogP contribution is 2.13. The Bertz CT molecular complexity index is 646. The second-order valence-electron chi connectivity index (χ2n) is 10.2. The fraction of sp³-hybridized carbons (Fsp3) is 0.862. The van der Waals surface area contributed by atoms with Gasteiger partial charge in [-0.05, 0) is 12.8 Å². The quantitative estimate of drug-likeness (QED) is 0.100. The SMILES string of the molecule is CCCCCCCCCCCCCCCCCC(=O)N[C@@H](CCC(=O)NCCOCCOCC(N)=O)C(=O)O. The molecule has 10 heteroatoms. The lowest BCUT2D eigenvalue weighted by Gasteiger charge is -2.14. The average molecular weight is 558 g/mol. The van der Waals surface area contributed by atoms with Gasteiger partial charge in [-0.1, -0.05) is 96.8 Å². The van der Waals surface area contributed by atoms with E-state index in [4.69, 9.17) is 15.2 Å². The zero-order valence-corrected chi connectivity index (χ0v) is 24.3. The van der Waals surface area contributed by atoms with E-state index in [9.17, 15) is 24.3 Å². The number of aliphatic carboxylic acids is 1. The van der Waals surface area contributed by atoms with Gasteiger partial charge in [-0.3, -0.25) is 14.4 Å². The summed E-state index contributed by atoms with van der Waals surface area (Å²) in [5, 5.41) is 14.6. The minimum atomic E-state index is -1.15. The van der Waals surface area contributed by atoms with Gasteiger partial charge in [-0.15, -0.1) is 0 Å². The fourth-order valence-electron chi connectivity index (χ4n) is 4.20. The molecule has 0 aromatic heterocycles. The summed E-state index contributed by atoms with van der Waals surface area (Å²) in [4.78, 5) is 46.1. The largest absolute Gasteiger partial charge is 0.480 e. The average Bonchev–Trinajstić information content (AvgIpc) is 2.89. The first-order valence-electron chi connectivity index (χ1n) is 15.1. The molecule has 0 aliphatic heterocycles. The van der Waals surface area contributed by atoms with Crippen LogP contribution in [0, 0.1) is 0 Å². The third-order valence-electron chi connectivity index (χ3n) is 6.49. The monoisotopic (exact) mass is 557 g/mol. The second-order valence-corrected chi connectivity index (χ2v) is 10.2. The summed E-state index contributed by atoms with van der Waals surface area (Å²) in [7, 11) is 0. The van der Waals surface area contributed by atoms with Crippen LogP contribution < -0.4 is 16.4 Å². The van der Waals surface area contributed by atoms with Crippen molar-refractivity contribution in [2.45, 2.75) is 129 Å².